The van der Waals surface area contributed by atoms with Gasteiger partial charge < -0.3 is 10.5 Å². The van der Waals surface area contributed by atoms with Crippen molar-refractivity contribution in [3.05, 3.63) is 12.4 Å². The van der Waals surface area contributed by atoms with Gasteiger partial charge in [0.2, 0.25) is 5.88 Å². The lowest BCUT2D eigenvalue weighted by atomic mass is 10.4. The summed E-state index contributed by atoms with van der Waals surface area (Å²) in [5, 5.41) is 0. The molecule has 0 fully saturated rings. The second-order valence-corrected chi connectivity index (χ2v) is 2.48. The number of ether oxygens (including phenoxy) is 1. The molecule has 1 aromatic heterocycles. The van der Waals surface area contributed by atoms with Crippen molar-refractivity contribution < 1.29 is 4.74 Å². The number of nitrogen functional groups attached to an aromatic ring is 1. The zero-order valence-corrected chi connectivity index (χ0v) is 7.16. The fraction of sp³-hybridized carbons (Fsp3) is 0.500. The predicted molar refractivity (Wildman–Crippen MR) is 46.8 cm³/mol. The summed E-state index contributed by atoms with van der Waals surface area (Å²) in [6.07, 6.45) is 5.17. The molecule has 0 aliphatic heterocycles. The first kappa shape index (κ1) is 8.77. The van der Waals surface area contributed by atoms with Crippen molar-refractivity contribution in [2.24, 2.45) is 0 Å². The van der Waals surface area contributed by atoms with Crippen molar-refractivity contribution in [3.8, 4) is 5.88 Å². The van der Waals surface area contributed by atoms with Crippen LogP contribution in [0.4, 0.5) is 5.82 Å². The fourth-order valence-electron chi connectivity index (χ4n) is 0.722. The van der Waals surface area contributed by atoms with Crippen molar-refractivity contribution in [1.82, 2.24) is 9.97 Å². The number of nitrogens with zero attached hydrogens (tertiary/aromatic N) is 2. The highest BCUT2D eigenvalue weighted by atomic mass is 16.5. The Bertz CT molecular complexity index is 222. The van der Waals surface area contributed by atoms with E-state index in [1.54, 1.807) is 0 Å². The van der Waals surface area contributed by atoms with Gasteiger partial charge in [0.25, 0.3) is 0 Å². The lowest BCUT2D eigenvalue weighted by Gasteiger charge is -2.02. The van der Waals surface area contributed by atoms with Gasteiger partial charge in [-0.25, -0.2) is 9.97 Å². The number of anilines is 1. The highest BCUT2D eigenvalue weighted by Gasteiger charge is 1.93. The summed E-state index contributed by atoms with van der Waals surface area (Å²) in [5.41, 5.74) is 5.35. The van der Waals surface area contributed by atoms with Gasteiger partial charge in [0.1, 0.15) is 5.82 Å². The van der Waals surface area contributed by atoms with E-state index in [1.165, 1.54) is 12.4 Å². The second kappa shape index (κ2) is 4.54. The maximum absolute atomic E-state index is 5.35. The van der Waals surface area contributed by atoms with Crippen molar-refractivity contribution in [1.29, 1.82) is 0 Å². The Morgan fingerprint density at radius 2 is 2.25 bits per heavy atom. The standard InChI is InChI=1S/C8H13N3O/c1-2-3-4-12-8-6-10-7(9)5-11-8/h5-6H,2-4H2,1H3,(H2,9,10). The van der Waals surface area contributed by atoms with Crippen LogP contribution < -0.4 is 10.5 Å². The Balaban J connectivity index is 2.37. The zero-order chi connectivity index (χ0) is 8.81. The monoisotopic (exact) mass is 167 g/mol. The van der Waals surface area contributed by atoms with Gasteiger partial charge in [-0.05, 0) is 6.42 Å². The van der Waals surface area contributed by atoms with E-state index >= 15 is 0 Å². The van der Waals surface area contributed by atoms with Gasteiger partial charge in [0.15, 0.2) is 0 Å². The Hall–Kier alpha value is -1.32. The first-order valence-electron chi connectivity index (χ1n) is 4.03. The Morgan fingerprint density at radius 1 is 1.42 bits per heavy atom. The minimum atomic E-state index is 0.415. The molecule has 0 unspecified atom stereocenters. The van der Waals surface area contributed by atoms with Crippen molar-refractivity contribution in [2.45, 2.75) is 19.8 Å². The van der Waals surface area contributed by atoms with Crippen LogP contribution in [0.1, 0.15) is 19.8 Å². The van der Waals surface area contributed by atoms with Gasteiger partial charge in [-0.1, -0.05) is 13.3 Å². The number of nitrogens with two attached hydrogens (primary N) is 1. The fourth-order valence-corrected chi connectivity index (χ4v) is 0.722. The maximum Gasteiger partial charge on any atom is 0.232 e. The van der Waals surface area contributed by atoms with Gasteiger partial charge in [0, 0.05) is 0 Å². The van der Waals surface area contributed by atoms with E-state index in [4.69, 9.17) is 10.5 Å². The molecule has 0 aliphatic carbocycles. The quantitative estimate of drug-likeness (QED) is 0.685. The maximum atomic E-state index is 5.35. The molecule has 0 aromatic carbocycles. The first-order valence-corrected chi connectivity index (χ1v) is 4.03. The largest absolute Gasteiger partial charge is 0.477 e. The molecule has 4 nitrogen and oxygen atoms in total. The zero-order valence-electron chi connectivity index (χ0n) is 7.16. The Morgan fingerprint density at radius 3 is 2.83 bits per heavy atom. The van der Waals surface area contributed by atoms with Crippen LogP contribution in [0.5, 0.6) is 5.88 Å². The number of unbranched alkanes of at least 4 members (excludes halogenated alkanes) is 1. The van der Waals surface area contributed by atoms with Crippen LogP contribution in [0.2, 0.25) is 0 Å². The highest BCUT2D eigenvalue weighted by molar-refractivity contribution is 5.24. The molecule has 0 atom stereocenters. The molecule has 2 N–H and O–H groups in total. The third-order valence-corrected chi connectivity index (χ3v) is 1.40. The molecule has 4 heteroatoms. The molecular weight excluding hydrogens is 154 g/mol. The number of hydrogen-bond acceptors (Lipinski definition) is 4. The average molecular weight is 167 g/mol. The Labute approximate surface area is 71.8 Å². The van der Waals surface area contributed by atoms with E-state index in [1.807, 2.05) is 0 Å². The molecule has 1 rings (SSSR count). The number of hydrogen-bond donors (Lipinski definition) is 1. The molecule has 1 aromatic rings. The van der Waals surface area contributed by atoms with E-state index in [0.717, 1.165) is 12.8 Å². The molecule has 0 aliphatic rings. The smallest absolute Gasteiger partial charge is 0.232 e. The number of rotatable bonds is 4. The molecule has 0 saturated heterocycles. The van der Waals surface area contributed by atoms with E-state index < -0.39 is 0 Å². The van der Waals surface area contributed by atoms with Crippen molar-refractivity contribution in [2.75, 3.05) is 12.3 Å². The summed E-state index contributed by atoms with van der Waals surface area (Å²) in [7, 11) is 0. The van der Waals surface area contributed by atoms with E-state index in [-0.39, 0.29) is 0 Å². The van der Waals surface area contributed by atoms with E-state index in [0.29, 0.717) is 18.3 Å². The minimum Gasteiger partial charge on any atom is -0.477 e. The van der Waals surface area contributed by atoms with Crippen LogP contribution >= 0.6 is 0 Å². The lowest BCUT2D eigenvalue weighted by molar-refractivity contribution is 0.296. The normalized spacial score (nSPS) is 9.75. The summed E-state index contributed by atoms with van der Waals surface area (Å²) in [4.78, 5) is 7.79. The molecule has 0 amide bonds. The summed E-state index contributed by atoms with van der Waals surface area (Å²) >= 11 is 0. The SMILES string of the molecule is CCCCOc1cnc(N)cn1. The van der Waals surface area contributed by atoms with Gasteiger partial charge in [-0.2, -0.15) is 0 Å². The molecule has 0 spiro atoms. The van der Waals surface area contributed by atoms with E-state index in [9.17, 15) is 0 Å². The summed E-state index contributed by atoms with van der Waals surface area (Å²) in [5.74, 6) is 0.954. The van der Waals surface area contributed by atoms with Crippen molar-refractivity contribution in [3.63, 3.8) is 0 Å². The summed E-state index contributed by atoms with van der Waals surface area (Å²) < 4.78 is 5.27. The third kappa shape index (κ3) is 2.74. The molecule has 0 radical (unpaired) electrons. The molecule has 12 heavy (non-hydrogen) atoms. The summed E-state index contributed by atoms with van der Waals surface area (Å²) in [6.45, 7) is 2.80. The van der Waals surface area contributed by atoms with Crippen LogP contribution in [0.25, 0.3) is 0 Å². The van der Waals surface area contributed by atoms with Crippen molar-refractivity contribution >= 4 is 5.82 Å². The highest BCUT2D eigenvalue weighted by Crippen LogP contribution is 2.04. The molecule has 66 valence electrons. The van der Waals surface area contributed by atoms with E-state index in [2.05, 4.69) is 16.9 Å². The van der Waals surface area contributed by atoms with Crippen LogP contribution in [-0.4, -0.2) is 16.6 Å². The molecule has 0 saturated carbocycles. The van der Waals surface area contributed by atoms with Gasteiger partial charge >= 0.3 is 0 Å². The average Bonchev–Trinajstić information content (AvgIpc) is 2.09. The number of aromatic nitrogens is 2. The van der Waals surface area contributed by atoms with Gasteiger partial charge in [0.05, 0.1) is 19.0 Å². The minimum absolute atomic E-state index is 0.415. The van der Waals surface area contributed by atoms with Crippen LogP contribution in [-0.2, 0) is 0 Å². The van der Waals surface area contributed by atoms with Gasteiger partial charge in [-0.15, -0.1) is 0 Å². The van der Waals surface area contributed by atoms with Crippen LogP contribution in [0.3, 0.4) is 0 Å². The van der Waals surface area contributed by atoms with Gasteiger partial charge in [-0.3, -0.25) is 0 Å². The third-order valence-electron chi connectivity index (χ3n) is 1.40. The first-order chi connectivity index (χ1) is 5.83. The van der Waals surface area contributed by atoms with Crippen LogP contribution in [0, 0.1) is 0 Å². The lowest BCUT2D eigenvalue weighted by Crippen LogP contribution is -1.99. The molecular formula is C8H13N3O. The molecule has 1 heterocycles. The Kier molecular flexibility index (Phi) is 3.32. The topological polar surface area (TPSA) is 61.0 Å². The predicted octanol–water partition coefficient (Wildman–Crippen LogP) is 1.24. The second-order valence-electron chi connectivity index (χ2n) is 2.48. The summed E-state index contributed by atoms with van der Waals surface area (Å²) in [6, 6.07) is 0. The molecule has 0 bridgehead atoms. The van der Waals surface area contributed by atoms with Crippen LogP contribution in [0.15, 0.2) is 12.4 Å².